The van der Waals surface area contributed by atoms with Crippen LogP contribution in [0.1, 0.15) is 21.5 Å². The second-order valence-electron chi connectivity index (χ2n) is 8.58. The van der Waals surface area contributed by atoms with Crippen LogP contribution in [0, 0.1) is 12.7 Å². The number of pyridine rings is 1. The molecular weight excluding hydrogens is 489 g/mol. The molecule has 0 spiro atoms. The van der Waals surface area contributed by atoms with Gasteiger partial charge in [-0.15, -0.1) is 0 Å². The highest BCUT2D eigenvalue weighted by Gasteiger charge is 2.34. The summed E-state index contributed by atoms with van der Waals surface area (Å²) in [5.74, 6) is -1.14. The predicted octanol–water partition coefficient (Wildman–Crippen LogP) is 5.82. The van der Waals surface area contributed by atoms with Crippen molar-refractivity contribution in [1.82, 2.24) is 15.2 Å². The smallest absolute Gasteiger partial charge is 0.293 e. The molecule has 8 heteroatoms. The van der Waals surface area contributed by atoms with Gasteiger partial charge in [-0.3, -0.25) is 19.3 Å². The van der Waals surface area contributed by atoms with Gasteiger partial charge in [-0.05, 0) is 54.6 Å². The molecule has 0 saturated carbocycles. The Kier molecular flexibility index (Phi) is 6.83. The lowest BCUT2D eigenvalue weighted by molar-refractivity contribution is -0.122. The number of aryl methyl sites for hydroxylation is 1. The number of halogens is 1. The van der Waals surface area contributed by atoms with E-state index in [1.54, 1.807) is 12.1 Å². The number of carbonyl (C=O) groups excluding carboxylic acids is 3. The minimum absolute atomic E-state index is 0.0327. The van der Waals surface area contributed by atoms with E-state index in [9.17, 15) is 18.8 Å². The van der Waals surface area contributed by atoms with E-state index < -0.39 is 11.1 Å². The minimum atomic E-state index is -0.440. The van der Waals surface area contributed by atoms with E-state index >= 15 is 0 Å². The van der Waals surface area contributed by atoms with Gasteiger partial charge in [0.2, 0.25) is 0 Å². The highest BCUT2D eigenvalue weighted by Crippen LogP contribution is 2.32. The first-order valence-corrected chi connectivity index (χ1v) is 12.5. The third kappa shape index (κ3) is 5.29. The van der Waals surface area contributed by atoms with Gasteiger partial charge in [0.05, 0.1) is 21.7 Å². The first-order valence-electron chi connectivity index (χ1n) is 11.6. The molecule has 1 aromatic heterocycles. The molecule has 1 aliphatic rings. The van der Waals surface area contributed by atoms with Crippen molar-refractivity contribution in [2.24, 2.45) is 0 Å². The fourth-order valence-electron chi connectivity index (χ4n) is 4.02. The maximum atomic E-state index is 13.2. The number of nitrogens with zero attached hydrogens (tertiary/aromatic N) is 2. The lowest BCUT2D eigenvalue weighted by Crippen LogP contribution is -2.37. The molecule has 3 aromatic carbocycles. The van der Waals surface area contributed by atoms with Crippen molar-refractivity contribution in [2.75, 3.05) is 13.1 Å². The lowest BCUT2D eigenvalue weighted by atomic mass is 10.0. The molecule has 1 saturated heterocycles. The number of carbonyl (C=O) groups is 3. The van der Waals surface area contributed by atoms with Crippen molar-refractivity contribution in [2.45, 2.75) is 6.92 Å². The topological polar surface area (TPSA) is 79.4 Å². The molecule has 184 valence electrons. The van der Waals surface area contributed by atoms with Crippen LogP contribution in [0.5, 0.6) is 0 Å². The standard InChI is InChI=1S/C29H22FN3O3S/c1-18-6-10-20(11-7-18)25-17-23(22-4-2-3-5-24(22)32-25)27(34)31-14-15-33-28(35)26(37-29(33)36)16-19-8-12-21(30)13-9-19/h2-13,16-17H,14-15H2,1H3,(H,31,34)/b26-16+. The van der Waals surface area contributed by atoms with Crippen molar-refractivity contribution < 1.29 is 18.8 Å². The van der Waals surface area contributed by atoms with Crippen molar-refractivity contribution in [3.05, 3.63) is 106 Å². The SMILES string of the molecule is Cc1ccc(-c2cc(C(=O)NCCN3C(=O)S/C(=C/c4ccc(F)cc4)C3=O)c3ccccc3n2)cc1. The van der Waals surface area contributed by atoms with Crippen LogP contribution in [0.4, 0.5) is 9.18 Å². The van der Waals surface area contributed by atoms with Gasteiger partial charge in [0.15, 0.2) is 0 Å². The zero-order valence-electron chi connectivity index (χ0n) is 19.9. The number of hydrogen-bond acceptors (Lipinski definition) is 5. The summed E-state index contributed by atoms with van der Waals surface area (Å²) < 4.78 is 13.1. The summed E-state index contributed by atoms with van der Waals surface area (Å²) in [7, 11) is 0. The van der Waals surface area contributed by atoms with Gasteiger partial charge >= 0.3 is 0 Å². The van der Waals surface area contributed by atoms with Crippen molar-refractivity contribution in [3.63, 3.8) is 0 Å². The predicted molar refractivity (Wildman–Crippen MR) is 143 cm³/mol. The fraction of sp³-hybridized carbons (Fsp3) is 0.103. The maximum absolute atomic E-state index is 13.2. The van der Waals surface area contributed by atoms with Gasteiger partial charge in [0.1, 0.15) is 5.82 Å². The van der Waals surface area contributed by atoms with E-state index in [2.05, 4.69) is 5.32 Å². The lowest BCUT2D eigenvalue weighted by Gasteiger charge is -2.14. The third-order valence-corrected chi connectivity index (χ3v) is 6.88. The highest BCUT2D eigenvalue weighted by atomic mass is 32.2. The maximum Gasteiger partial charge on any atom is 0.293 e. The molecule has 6 nitrogen and oxygen atoms in total. The summed E-state index contributed by atoms with van der Waals surface area (Å²) in [5.41, 5.74) is 4.49. The Balaban J connectivity index is 1.31. The Morgan fingerprint density at radius 3 is 2.51 bits per heavy atom. The molecule has 0 bridgehead atoms. The van der Waals surface area contributed by atoms with Crippen LogP contribution in [0.3, 0.4) is 0 Å². The number of para-hydroxylation sites is 1. The van der Waals surface area contributed by atoms with Crippen LogP contribution < -0.4 is 5.32 Å². The largest absolute Gasteiger partial charge is 0.350 e. The monoisotopic (exact) mass is 511 g/mol. The molecule has 5 rings (SSSR count). The molecular formula is C29H22FN3O3S. The number of hydrogen-bond donors (Lipinski definition) is 1. The Morgan fingerprint density at radius 2 is 1.76 bits per heavy atom. The number of thioether (sulfide) groups is 1. The molecule has 0 radical (unpaired) electrons. The molecule has 1 aliphatic heterocycles. The van der Waals surface area contributed by atoms with Gasteiger partial charge in [-0.25, -0.2) is 9.37 Å². The number of rotatable bonds is 6. The first kappa shape index (κ1) is 24.4. The molecule has 1 fully saturated rings. The second kappa shape index (κ2) is 10.4. The summed E-state index contributed by atoms with van der Waals surface area (Å²) in [6.45, 7) is 2.13. The summed E-state index contributed by atoms with van der Waals surface area (Å²) in [5, 5.41) is 3.13. The average molecular weight is 512 g/mol. The fourth-order valence-corrected chi connectivity index (χ4v) is 4.88. The summed E-state index contributed by atoms with van der Waals surface area (Å²) in [4.78, 5) is 44.5. The average Bonchev–Trinajstić information content (AvgIpc) is 3.17. The quantitative estimate of drug-likeness (QED) is 0.330. The Morgan fingerprint density at radius 1 is 1.03 bits per heavy atom. The Bertz CT molecular complexity index is 1550. The molecule has 4 aromatic rings. The van der Waals surface area contributed by atoms with Crippen LogP contribution in [0.2, 0.25) is 0 Å². The molecule has 0 aliphatic carbocycles. The molecule has 0 unspecified atom stereocenters. The number of nitrogens with one attached hydrogen (secondary N) is 1. The molecule has 0 atom stereocenters. The van der Waals surface area contributed by atoms with E-state index in [1.807, 2.05) is 55.5 Å². The van der Waals surface area contributed by atoms with Gasteiger partial charge in [0.25, 0.3) is 17.1 Å². The van der Waals surface area contributed by atoms with E-state index in [-0.39, 0.29) is 29.7 Å². The zero-order valence-corrected chi connectivity index (χ0v) is 20.7. The van der Waals surface area contributed by atoms with Crippen molar-refractivity contribution >= 4 is 45.8 Å². The van der Waals surface area contributed by atoms with E-state index in [1.165, 1.54) is 24.3 Å². The molecule has 2 heterocycles. The number of amides is 3. The second-order valence-corrected chi connectivity index (χ2v) is 9.57. The number of fused-ring (bicyclic) bond motifs is 1. The summed E-state index contributed by atoms with van der Waals surface area (Å²) in [6, 6.07) is 22.7. The van der Waals surface area contributed by atoms with Crippen LogP contribution in [0.15, 0.2) is 83.8 Å². The van der Waals surface area contributed by atoms with E-state index in [0.717, 1.165) is 27.8 Å². The van der Waals surface area contributed by atoms with E-state index in [0.29, 0.717) is 27.7 Å². The van der Waals surface area contributed by atoms with Crippen molar-refractivity contribution in [3.8, 4) is 11.3 Å². The summed E-state index contributed by atoms with van der Waals surface area (Å²) >= 11 is 0.822. The van der Waals surface area contributed by atoms with Gasteiger partial charge < -0.3 is 5.32 Å². The van der Waals surface area contributed by atoms with Crippen LogP contribution in [0.25, 0.3) is 28.2 Å². The van der Waals surface area contributed by atoms with Gasteiger partial charge in [-0.2, -0.15) is 0 Å². The third-order valence-electron chi connectivity index (χ3n) is 5.97. The van der Waals surface area contributed by atoms with Crippen LogP contribution in [-0.4, -0.2) is 40.0 Å². The van der Waals surface area contributed by atoms with Crippen LogP contribution >= 0.6 is 11.8 Å². The minimum Gasteiger partial charge on any atom is -0.350 e. The Hall–Kier alpha value is -4.30. The Labute approximate surface area is 217 Å². The number of aromatic nitrogens is 1. The number of benzene rings is 3. The van der Waals surface area contributed by atoms with Crippen LogP contribution in [-0.2, 0) is 4.79 Å². The molecule has 3 amide bonds. The van der Waals surface area contributed by atoms with Gasteiger partial charge in [0, 0.05) is 24.0 Å². The normalized spacial score (nSPS) is 14.5. The molecule has 37 heavy (non-hydrogen) atoms. The van der Waals surface area contributed by atoms with Crippen molar-refractivity contribution in [1.29, 1.82) is 0 Å². The number of imide groups is 1. The zero-order chi connectivity index (χ0) is 25.9. The highest BCUT2D eigenvalue weighted by molar-refractivity contribution is 8.18. The molecule has 1 N–H and O–H groups in total. The van der Waals surface area contributed by atoms with E-state index in [4.69, 9.17) is 4.98 Å². The first-order chi connectivity index (χ1) is 17.9. The summed E-state index contributed by atoms with van der Waals surface area (Å²) in [6.07, 6.45) is 1.55. The van der Waals surface area contributed by atoms with Gasteiger partial charge in [-0.1, -0.05) is 60.2 Å².